The third-order valence-electron chi connectivity index (χ3n) is 3.49. The number of hydrogen-bond acceptors (Lipinski definition) is 4. The van der Waals surface area contributed by atoms with Crippen molar-refractivity contribution in [2.45, 2.75) is 6.42 Å². The molecule has 0 saturated heterocycles. The Balaban J connectivity index is 1.57. The van der Waals surface area contributed by atoms with E-state index in [1.54, 1.807) is 36.4 Å². The van der Waals surface area contributed by atoms with Crippen LogP contribution in [0.1, 0.15) is 15.9 Å². The highest BCUT2D eigenvalue weighted by atomic mass is 35.5. The molecule has 130 valence electrons. The summed E-state index contributed by atoms with van der Waals surface area (Å²) < 4.78 is 10.8. The van der Waals surface area contributed by atoms with E-state index in [-0.39, 0.29) is 6.42 Å². The number of ether oxygens (including phenoxy) is 2. The Morgan fingerprint density at radius 3 is 2.48 bits per heavy atom. The number of carbonyl (C=O) groups is 2. The molecule has 0 unspecified atom stereocenters. The molecule has 2 aromatic rings. The molecule has 1 heterocycles. The van der Waals surface area contributed by atoms with E-state index < -0.39 is 11.8 Å². The molecule has 6 nitrogen and oxygen atoms in total. The monoisotopic (exact) mass is 380 g/mol. The third kappa shape index (κ3) is 4.35. The van der Waals surface area contributed by atoms with Gasteiger partial charge in [-0.3, -0.25) is 20.4 Å². The average Bonchev–Trinajstić information content (AvgIpc) is 2.61. The van der Waals surface area contributed by atoms with Crippen molar-refractivity contribution in [2.24, 2.45) is 0 Å². The quantitative estimate of drug-likeness (QED) is 0.802. The Morgan fingerprint density at radius 1 is 0.960 bits per heavy atom. The highest BCUT2D eigenvalue weighted by Gasteiger charge is 2.15. The van der Waals surface area contributed by atoms with E-state index in [2.05, 4.69) is 10.9 Å². The molecule has 0 spiro atoms. The van der Waals surface area contributed by atoms with E-state index in [0.29, 0.717) is 45.9 Å². The SMILES string of the molecule is O=C(Cc1ccc(Cl)cc1Cl)NNC(=O)c1ccc2c(c1)OCCO2. The van der Waals surface area contributed by atoms with Crippen LogP contribution in [0.3, 0.4) is 0 Å². The van der Waals surface area contributed by atoms with E-state index >= 15 is 0 Å². The lowest BCUT2D eigenvalue weighted by Gasteiger charge is -2.18. The fourth-order valence-corrected chi connectivity index (χ4v) is 2.74. The second kappa shape index (κ2) is 7.63. The standard InChI is InChI=1S/C17H14Cl2N2O4/c18-12-3-1-10(13(19)9-12)8-16(22)20-21-17(23)11-2-4-14-15(7-11)25-6-5-24-14/h1-4,7,9H,5-6,8H2,(H,20,22)(H,21,23). The molecule has 2 N–H and O–H groups in total. The first-order chi connectivity index (χ1) is 12.0. The van der Waals surface area contributed by atoms with Gasteiger partial charge in [-0.05, 0) is 35.9 Å². The Labute approximate surface area is 154 Å². The van der Waals surface area contributed by atoms with Gasteiger partial charge < -0.3 is 9.47 Å². The van der Waals surface area contributed by atoms with Gasteiger partial charge in [0.1, 0.15) is 13.2 Å². The molecule has 1 aliphatic rings. The summed E-state index contributed by atoms with van der Waals surface area (Å²) in [7, 11) is 0. The minimum absolute atomic E-state index is 0.0113. The molecular formula is C17H14Cl2N2O4. The largest absolute Gasteiger partial charge is 0.486 e. The summed E-state index contributed by atoms with van der Waals surface area (Å²) in [5.41, 5.74) is 5.65. The zero-order chi connectivity index (χ0) is 17.8. The maximum Gasteiger partial charge on any atom is 0.269 e. The average molecular weight is 381 g/mol. The van der Waals surface area contributed by atoms with Crippen LogP contribution in [-0.2, 0) is 11.2 Å². The van der Waals surface area contributed by atoms with Gasteiger partial charge in [-0.25, -0.2) is 0 Å². The first kappa shape index (κ1) is 17.4. The molecule has 1 aliphatic heterocycles. The molecular weight excluding hydrogens is 367 g/mol. The lowest BCUT2D eigenvalue weighted by molar-refractivity contribution is -0.121. The van der Waals surface area contributed by atoms with Crippen LogP contribution in [0, 0.1) is 0 Å². The van der Waals surface area contributed by atoms with Crippen molar-refractivity contribution in [3.8, 4) is 11.5 Å². The van der Waals surface area contributed by atoms with Crippen LogP contribution in [0.5, 0.6) is 11.5 Å². The molecule has 0 aromatic heterocycles. The molecule has 2 aromatic carbocycles. The second-order valence-corrected chi connectivity index (χ2v) is 6.12. The maximum absolute atomic E-state index is 12.1. The van der Waals surface area contributed by atoms with Crippen LogP contribution in [0.25, 0.3) is 0 Å². The lowest BCUT2D eigenvalue weighted by atomic mass is 10.1. The van der Waals surface area contributed by atoms with Crippen LogP contribution in [0.4, 0.5) is 0 Å². The van der Waals surface area contributed by atoms with Gasteiger partial charge in [-0.15, -0.1) is 0 Å². The molecule has 0 aliphatic carbocycles. The molecule has 0 saturated carbocycles. The van der Waals surface area contributed by atoms with Crippen LogP contribution in [0.2, 0.25) is 10.0 Å². The Morgan fingerprint density at radius 2 is 1.72 bits per heavy atom. The van der Waals surface area contributed by atoms with E-state index in [1.165, 1.54) is 0 Å². The van der Waals surface area contributed by atoms with Crippen molar-refractivity contribution in [1.82, 2.24) is 10.9 Å². The molecule has 0 atom stereocenters. The number of hydrogen-bond donors (Lipinski definition) is 2. The zero-order valence-corrected chi connectivity index (χ0v) is 14.5. The van der Waals surface area contributed by atoms with Gasteiger partial charge >= 0.3 is 0 Å². The lowest BCUT2D eigenvalue weighted by Crippen LogP contribution is -2.42. The van der Waals surface area contributed by atoms with Gasteiger partial charge in [-0.1, -0.05) is 29.3 Å². The van der Waals surface area contributed by atoms with Gasteiger partial charge in [0.15, 0.2) is 11.5 Å². The zero-order valence-electron chi connectivity index (χ0n) is 13.0. The van der Waals surface area contributed by atoms with E-state index in [9.17, 15) is 9.59 Å². The smallest absolute Gasteiger partial charge is 0.269 e. The fourth-order valence-electron chi connectivity index (χ4n) is 2.27. The predicted molar refractivity (Wildman–Crippen MR) is 93.2 cm³/mol. The Bertz CT molecular complexity index is 826. The van der Waals surface area contributed by atoms with Crippen molar-refractivity contribution < 1.29 is 19.1 Å². The molecule has 0 radical (unpaired) electrons. The summed E-state index contributed by atoms with van der Waals surface area (Å²) in [6.07, 6.45) is 0.0113. The first-order valence-corrected chi connectivity index (χ1v) is 8.21. The Hall–Kier alpha value is -2.44. The number of carbonyl (C=O) groups excluding carboxylic acids is 2. The van der Waals surface area contributed by atoms with Gasteiger partial charge in [-0.2, -0.15) is 0 Å². The maximum atomic E-state index is 12.1. The number of hydrazine groups is 1. The van der Waals surface area contributed by atoms with Crippen molar-refractivity contribution in [3.05, 3.63) is 57.6 Å². The Kier molecular flexibility index (Phi) is 5.31. The number of benzene rings is 2. The summed E-state index contributed by atoms with van der Waals surface area (Å²) >= 11 is 11.8. The number of fused-ring (bicyclic) bond motifs is 1. The fraction of sp³-hybridized carbons (Fsp3) is 0.176. The summed E-state index contributed by atoms with van der Waals surface area (Å²) in [5.74, 6) is 0.213. The highest BCUT2D eigenvalue weighted by Crippen LogP contribution is 2.30. The summed E-state index contributed by atoms with van der Waals surface area (Å²) in [6.45, 7) is 0.901. The molecule has 8 heteroatoms. The van der Waals surface area contributed by atoms with Crippen molar-refractivity contribution in [2.75, 3.05) is 13.2 Å². The van der Waals surface area contributed by atoms with Gasteiger partial charge in [0.25, 0.3) is 5.91 Å². The molecule has 0 fully saturated rings. The first-order valence-electron chi connectivity index (χ1n) is 7.45. The van der Waals surface area contributed by atoms with Crippen LogP contribution in [-0.4, -0.2) is 25.0 Å². The van der Waals surface area contributed by atoms with Gasteiger partial charge in [0.2, 0.25) is 5.91 Å². The van der Waals surface area contributed by atoms with E-state index in [0.717, 1.165) is 0 Å². The number of nitrogens with one attached hydrogen (secondary N) is 2. The van der Waals surface area contributed by atoms with E-state index in [1.807, 2.05) is 0 Å². The number of rotatable bonds is 3. The minimum atomic E-state index is -0.465. The molecule has 0 bridgehead atoms. The van der Waals surface area contributed by atoms with Crippen molar-refractivity contribution >= 4 is 35.0 Å². The minimum Gasteiger partial charge on any atom is -0.486 e. The van der Waals surface area contributed by atoms with Crippen LogP contribution < -0.4 is 20.3 Å². The number of amides is 2. The van der Waals surface area contributed by atoms with Crippen LogP contribution >= 0.6 is 23.2 Å². The summed E-state index contributed by atoms with van der Waals surface area (Å²) in [5, 5.41) is 0.877. The van der Waals surface area contributed by atoms with E-state index in [4.69, 9.17) is 32.7 Å². The second-order valence-electron chi connectivity index (χ2n) is 5.27. The van der Waals surface area contributed by atoms with Crippen molar-refractivity contribution in [3.63, 3.8) is 0 Å². The summed E-state index contributed by atoms with van der Waals surface area (Å²) in [6, 6.07) is 9.66. The van der Waals surface area contributed by atoms with Crippen molar-refractivity contribution in [1.29, 1.82) is 0 Å². The molecule has 25 heavy (non-hydrogen) atoms. The molecule has 3 rings (SSSR count). The predicted octanol–water partition coefficient (Wildman–Crippen LogP) is 2.77. The topological polar surface area (TPSA) is 76.7 Å². The molecule has 2 amide bonds. The third-order valence-corrected chi connectivity index (χ3v) is 4.07. The normalized spacial score (nSPS) is 12.4. The summed E-state index contributed by atoms with van der Waals surface area (Å²) in [4.78, 5) is 24.1. The van der Waals surface area contributed by atoms with Crippen LogP contribution in [0.15, 0.2) is 36.4 Å². The number of halogens is 2. The van der Waals surface area contributed by atoms with Gasteiger partial charge in [0.05, 0.1) is 6.42 Å². The van der Waals surface area contributed by atoms with Gasteiger partial charge in [0, 0.05) is 15.6 Å². The highest BCUT2D eigenvalue weighted by molar-refractivity contribution is 6.35.